The van der Waals surface area contributed by atoms with Gasteiger partial charge in [-0.1, -0.05) is 0 Å². The first-order valence-electron chi connectivity index (χ1n) is 5.91. The highest BCUT2D eigenvalue weighted by atomic mass is 32.2. The van der Waals surface area contributed by atoms with Gasteiger partial charge >= 0.3 is 0 Å². The van der Waals surface area contributed by atoms with Gasteiger partial charge in [0.15, 0.2) is 15.6 Å². The molecule has 0 aliphatic heterocycles. The Morgan fingerprint density at radius 1 is 1.15 bits per heavy atom. The number of carbonyl (C=O) groups is 1. The Hall–Kier alpha value is -1.66. The van der Waals surface area contributed by atoms with E-state index in [-0.39, 0.29) is 16.4 Å². The summed E-state index contributed by atoms with van der Waals surface area (Å²) in [6.07, 6.45) is 1.09. The molecule has 1 aromatic carbocycles. The van der Waals surface area contributed by atoms with E-state index < -0.39 is 9.84 Å². The maximum atomic E-state index is 12.5. The number of anilines is 1. The first-order valence-corrected chi connectivity index (χ1v) is 8.61. The molecule has 0 bridgehead atoms. The fourth-order valence-electron chi connectivity index (χ4n) is 1.98. The lowest BCUT2D eigenvalue weighted by Crippen LogP contribution is -2.06. The van der Waals surface area contributed by atoms with E-state index in [0.717, 1.165) is 16.0 Å². The van der Waals surface area contributed by atoms with Crippen LogP contribution in [0.15, 0.2) is 29.2 Å². The number of sulfone groups is 1. The van der Waals surface area contributed by atoms with Crippen molar-refractivity contribution < 1.29 is 13.2 Å². The topological polar surface area (TPSA) is 77.2 Å². The number of aryl methyl sites for hydroxylation is 2. The van der Waals surface area contributed by atoms with E-state index >= 15 is 0 Å². The second kappa shape index (κ2) is 5.03. The molecule has 0 amide bonds. The van der Waals surface area contributed by atoms with Crippen LogP contribution < -0.4 is 5.73 Å². The molecule has 0 fully saturated rings. The summed E-state index contributed by atoms with van der Waals surface area (Å²) >= 11 is 1.54. The third-order valence-corrected chi connectivity index (χ3v) is 4.96. The third kappa shape index (κ3) is 2.91. The van der Waals surface area contributed by atoms with Crippen LogP contribution in [0.25, 0.3) is 0 Å². The van der Waals surface area contributed by atoms with Crippen LogP contribution >= 0.6 is 11.3 Å². The van der Waals surface area contributed by atoms with Gasteiger partial charge in [0.25, 0.3) is 0 Å². The van der Waals surface area contributed by atoms with Crippen molar-refractivity contribution in [3.05, 3.63) is 45.1 Å². The van der Waals surface area contributed by atoms with Crippen molar-refractivity contribution in [3.63, 3.8) is 0 Å². The van der Waals surface area contributed by atoms with E-state index in [2.05, 4.69) is 0 Å². The Kier molecular flexibility index (Phi) is 3.71. The summed E-state index contributed by atoms with van der Waals surface area (Å²) in [5, 5.41) is 0. The largest absolute Gasteiger partial charge is 0.399 e. The van der Waals surface area contributed by atoms with Gasteiger partial charge in [0.1, 0.15) is 0 Å². The Morgan fingerprint density at radius 3 is 2.30 bits per heavy atom. The quantitative estimate of drug-likeness (QED) is 0.698. The maximum absolute atomic E-state index is 12.5. The van der Waals surface area contributed by atoms with E-state index in [1.807, 2.05) is 19.9 Å². The second-order valence-electron chi connectivity index (χ2n) is 4.72. The summed E-state index contributed by atoms with van der Waals surface area (Å²) in [7, 11) is -3.40. The number of nitrogens with two attached hydrogens (primary N) is 1. The third-order valence-electron chi connectivity index (χ3n) is 2.90. The number of benzene rings is 1. The predicted molar refractivity (Wildman–Crippen MR) is 81.2 cm³/mol. The minimum Gasteiger partial charge on any atom is -0.399 e. The van der Waals surface area contributed by atoms with Crippen molar-refractivity contribution in [3.8, 4) is 0 Å². The average Bonchev–Trinajstić information content (AvgIpc) is 2.65. The zero-order valence-corrected chi connectivity index (χ0v) is 13.1. The zero-order chi connectivity index (χ0) is 15.1. The molecule has 0 aliphatic carbocycles. The van der Waals surface area contributed by atoms with Crippen LogP contribution in [-0.4, -0.2) is 20.5 Å². The van der Waals surface area contributed by atoms with Crippen LogP contribution in [0.4, 0.5) is 5.69 Å². The summed E-state index contributed by atoms with van der Waals surface area (Å²) in [6.45, 7) is 3.80. The van der Waals surface area contributed by atoms with Crippen molar-refractivity contribution in [1.29, 1.82) is 0 Å². The number of hydrogen-bond acceptors (Lipinski definition) is 5. The van der Waals surface area contributed by atoms with Crippen molar-refractivity contribution >= 4 is 32.6 Å². The molecule has 2 N–H and O–H groups in total. The highest BCUT2D eigenvalue weighted by Crippen LogP contribution is 2.25. The molecular weight excluding hydrogens is 294 g/mol. The molecule has 0 spiro atoms. The highest BCUT2D eigenvalue weighted by Gasteiger charge is 2.17. The van der Waals surface area contributed by atoms with Gasteiger partial charge in [0, 0.05) is 32.8 Å². The Morgan fingerprint density at radius 2 is 1.80 bits per heavy atom. The molecule has 2 aromatic rings. The summed E-state index contributed by atoms with van der Waals surface area (Å²) in [6, 6.07) is 6.05. The minimum absolute atomic E-state index is 0.0606. The molecule has 0 unspecified atom stereocenters. The van der Waals surface area contributed by atoms with E-state index in [1.54, 1.807) is 0 Å². The van der Waals surface area contributed by atoms with Gasteiger partial charge in [0.05, 0.1) is 4.90 Å². The van der Waals surface area contributed by atoms with E-state index in [0.29, 0.717) is 11.1 Å². The van der Waals surface area contributed by atoms with Gasteiger partial charge in [-0.3, -0.25) is 4.79 Å². The van der Waals surface area contributed by atoms with Gasteiger partial charge in [-0.25, -0.2) is 8.42 Å². The number of rotatable bonds is 3. The van der Waals surface area contributed by atoms with Crippen LogP contribution in [0.2, 0.25) is 0 Å². The van der Waals surface area contributed by atoms with Crippen LogP contribution in [0, 0.1) is 13.8 Å². The van der Waals surface area contributed by atoms with Crippen molar-refractivity contribution in [2.45, 2.75) is 18.7 Å². The molecule has 2 rings (SSSR count). The molecule has 0 saturated heterocycles. The van der Waals surface area contributed by atoms with Gasteiger partial charge in [-0.05, 0) is 38.1 Å². The fourth-order valence-corrected chi connectivity index (χ4v) is 3.59. The van der Waals surface area contributed by atoms with Crippen LogP contribution in [0.3, 0.4) is 0 Å². The molecule has 4 nitrogen and oxygen atoms in total. The summed E-state index contributed by atoms with van der Waals surface area (Å²) in [5.74, 6) is -0.205. The predicted octanol–water partition coefficient (Wildman–Crippen LogP) is 2.58. The van der Waals surface area contributed by atoms with Gasteiger partial charge in [0.2, 0.25) is 0 Å². The van der Waals surface area contributed by atoms with E-state index in [9.17, 15) is 13.2 Å². The number of ketones is 1. The number of nitrogen functional groups attached to an aromatic ring is 1. The second-order valence-corrected chi connectivity index (χ2v) is 8.20. The number of carbonyl (C=O) groups excluding carboxylic acids is 1. The van der Waals surface area contributed by atoms with Crippen molar-refractivity contribution in [2.24, 2.45) is 0 Å². The monoisotopic (exact) mass is 309 g/mol. The normalized spacial score (nSPS) is 11.6. The molecule has 0 saturated carbocycles. The molecule has 0 aliphatic rings. The molecule has 1 aromatic heterocycles. The summed E-state index contributed by atoms with van der Waals surface area (Å²) in [5.41, 5.74) is 6.86. The summed E-state index contributed by atoms with van der Waals surface area (Å²) in [4.78, 5) is 14.5. The molecular formula is C14H15NO3S2. The molecule has 0 atom stereocenters. The van der Waals surface area contributed by atoms with Gasteiger partial charge in [-0.2, -0.15) is 0 Å². The molecule has 0 radical (unpaired) electrons. The SMILES string of the molecule is Cc1cc(C(=O)c2cc(N)cc(S(C)(=O)=O)c2)c(C)s1. The Labute approximate surface area is 122 Å². The Balaban J connectivity index is 2.56. The number of hydrogen-bond donors (Lipinski definition) is 1. The minimum atomic E-state index is -3.40. The average molecular weight is 309 g/mol. The van der Waals surface area contributed by atoms with E-state index in [1.165, 1.54) is 29.5 Å². The molecule has 20 heavy (non-hydrogen) atoms. The van der Waals surface area contributed by atoms with Crippen LogP contribution in [0.1, 0.15) is 25.7 Å². The number of thiophene rings is 1. The summed E-state index contributed by atoms with van der Waals surface area (Å²) < 4.78 is 23.2. The maximum Gasteiger partial charge on any atom is 0.194 e. The van der Waals surface area contributed by atoms with Crippen molar-refractivity contribution in [2.75, 3.05) is 12.0 Å². The smallest absolute Gasteiger partial charge is 0.194 e. The van der Waals surface area contributed by atoms with Crippen molar-refractivity contribution in [1.82, 2.24) is 0 Å². The van der Waals surface area contributed by atoms with Crippen LogP contribution in [0.5, 0.6) is 0 Å². The molecule has 106 valence electrons. The molecule has 1 heterocycles. The Bertz CT molecular complexity index is 789. The fraction of sp³-hybridized carbons (Fsp3) is 0.214. The van der Waals surface area contributed by atoms with Crippen LogP contribution in [-0.2, 0) is 9.84 Å². The van der Waals surface area contributed by atoms with Gasteiger partial charge in [-0.15, -0.1) is 11.3 Å². The highest BCUT2D eigenvalue weighted by molar-refractivity contribution is 7.90. The lowest BCUT2D eigenvalue weighted by Gasteiger charge is -2.05. The first kappa shape index (κ1) is 14.7. The zero-order valence-electron chi connectivity index (χ0n) is 11.4. The van der Waals surface area contributed by atoms with E-state index in [4.69, 9.17) is 5.73 Å². The lowest BCUT2D eigenvalue weighted by molar-refractivity contribution is 0.103. The standard InChI is InChI=1S/C14H15NO3S2/c1-8-4-13(9(2)19-8)14(16)10-5-11(15)7-12(6-10)20(3,17)18/h4-7H,15H2,1-3H3. The van der Waals surface area contributed by atoms with Gasteiger partial charge < -0.3 is 5.73 Å². The molecule has 6 heteroatoms. The lowest BCUT2D eigenvalue weighted by atomic mass is 10.0. The first-order chi connectivity index (χ1) is 9.18.